The molecular formula is C21H26N4O7. The minimum Gasteiger partial charge on any atom is -0.490 e. The first-order chi connectivity index (χ1) is 15.5. The fourth-order valence-electron chi connectivity index (χ4n) is 4.55. The number of hydrogen-bond donors (Lipinski definition) is 2. The van der Waals surface area contributed by atoms with Crippen LogP contribution in [0.3, 0.4) is 0 Å². The molecule has 3 atom stereocenters. The van der Waals surface area contributed by atoms with Gasteiger partial charge in [0.1, 0.15) is 12.0 Å². The van der Waals surface area contributed by atoms with Gasteiger partial charge in [-0.3, -0.25) is 34.2 Å². The van der Waals surface area contributed by atoms with Crippen molar-refractivity contribution in [2.24, 2.45) is 11.8 Å². The van der Waals surface area contributed by atoms with E-state index in [2.05, 4.69) is 15.5 Å². The number of nitrogens with zero attached hydrogens (tertiary/aromatic N) is 2. The summed E-state index contributed by atoms with van der Waals surface area (Å²) in [5.74, 6) is -4.09. The van der Waals surface area contributed by atoms with Gasteiger partial charge in [0.15, 0.2) is 11.5 Å². The van der Waals surface area contributed by atoms with Crippen molar-refractivity contribution < 1.29 is 33.4 Å². The zero-order chi connectivity index (χ0) is 22.7. The summed E-state index contributed by atoms with van der Waals surface area (Å²) in [6, 6.07) is -1.06. The van der Waals surface area contributed by atoms with Gasteiger partial charge in [0.2, 0.25) is 23.6 Å². The number of piperazine rings is 1. The maximum Gasteiger partial charge on any atom is 0.298 e. The highest BCUT2D eigenvalue weighted by Gasteiger charge is 2.55. The maximum absolute atomic E-state index is 13.2. The van der Waals surface area contributed by atoms with Gasteiger partial charge in [0.05, 0.1) is 12.5 Å². The maximum atomic E-state index is 13.2. The van der Waals surface area contributed by atoms with Crippen molar-refractivity contribution in [3.8, 4) is 0 Å². The van der Waals surface area contributed by atoms with Crippen LogP contribution in [0.15, 0.2) is 23.7 Å². The Morgan fingerprint density at radius 2 is 1.91 bits per heavy atom. The van der Waals surface area contributed by atoms with Crippen molar-refractivity contribution in [1.29, 1.82) is 0 Å². The SMILES string of the molecule is O=COC1=C(OCCCN2CCNCC2)C=CC2C(=O)N(C3CCC(=O)NC3=O)C(=O)C12. The highest BCUT2D eigenvalue weighted by molar-refractivity contribution is 6.12. The van der Waals surface area contributed by atoms with Gasteiger partial charge < -0.3 is 19.7 Å². The quantitative estimate of drug-likeness (QED) is 0.264. The smallest absolute Gasteiger partial charge is 0.298 e. The van der Waals surface area contributed by atoms with Gasteiger partial charge in [-0.25, -0.2) is 0 Å². The van der Waals surface area contributed by atoms with Gasteiger partial charge in [-0.2, -0.15) is 0 Å². The summed E-state index contributed by atoms with van der Waals surface area (Å²) in [7, 11) is 0. The third-order valence-corrected chi connectivity index (χ3v) is 6.15. The molecule has 0 aromatic heterocycles. The second-order valence-corrected chi connectivity index (χ2v) is 8.11. The summed E-state index contributed by atoms with van der Waals surface area (Å²) in [5.41, 5.74) is 0. The van der Waals surface area contributed by atoms with Crippen molar-refractivity contribution in [1.82, 2.24) is 20.4 Å². The second kappa shape index (κ2) is 9.61. The Labute approximate surface area is 184 Å². The normalized spacial score (nSPS) is 28.6. The number of rotatable bonds is 8. The molecule has 3 heterocycles. The van der Waals surface area contributed by atoms with Crippen LogP contribution in [0.25, 0.3) is 0 Å². The van der Waals surface area contributed by atoms with Crippen molar-refractivity contribution in [3.05, 3.63) is 23.7 Å². The van der Waals surface area contributed by atoms with Crippen LogP contribution in [0, 0.1) is 11.8 Å². The Kier molecular flexibility index (Phi) is 6.66. The number of allylic oxidation sites excluding steroid dienone is 1. The number of carbonyl (C=O) groups excluding carboxylic acids is 5. The van der Waals surface area contributed by atoms with Crippen molar-refractivity contribution in [2.45, 2.75) is 25.3 Å². The Bertz CT molecular complexity index is 877. The summed E-state index contributed by atoms with van der Waals surface area (Å²) in [6.07, 6.45) is 3.92. The summed E-state index contributed by atoms with van der Waals surface area (Å²) in [4.78, 5) is 64.1. The number of nitrogens with one attached hydrogen (secondary N) is 2. The molecule has 0 spiro atoms. The predicted molar refractivity (Wildman–Crippen MR) is 108 cm³/mol. The fraction of sp³-hybridized carbons (Fsp3) is 0.571. The summed E-state index contributed by atoms with van der Waals surface area (Å²) in [6.45, 7) is 5.25. The van der Waals surface area contributed by atoms with Gasteiger partial charge in [0, 0.05) is 39.1 Å². The van der Waals surface area contributed by atoms with Crippen molar-refractivity contribution in [3.63, 3.8) is 0 Å². The van der Waals surface area contributed by atoms with E-state index in [0.29, 0.717) is 6.61 Å². The Morgan fingerprint density at radius 1 is 1.12 bits per heavy atom. The first-order valence-electron chi connectivity index (χ1n) is 10.8. The first kappa shape index (κ1) is 22.2. The highest BCUT2D eigenvalue weighted by Crippen LogP contribution is 2.40. The number of amides is 4. The standard InChI is InChI=1S/C21H26N4O7/c26-12-32-18-15(31-11-1-8-24-9-6-22-7-10-24)4-2-13-17(18)21(30)25(20(13)29)14-3-5-16(27)23-19(14)28/h2,4,12-14,17,22H,1,3,5-11H2,(H,23,27,28). The van der Waals surface area contributed by atoms with Gasteiger partial charge in [-0.15, -0.1) is 0 Å². The highest BCUT2D eigenvalue weighted by atomic mass is 16.5. The lowest BCUT2D eigenvalue weighted by Crippen LogP contribution is -2.54. The molecule has 0 radical (unpaired) electrons. The fourth-order valence-corrected chi connectivity index (χ4v) is 4.55. The van der Waals surface area contributed by atoms with Crippen LogP contribution in [-0.2, 0) is 33.4 Å². The van der Waals surface area contributed by atoms with E-state index >= 15 is 0 Å². The molecule has 11 nitrogen and oxygen atoms in total. The Balaban J connectivity index is 1.46. The number of imide groups is 2. The third-order valence-electron chi connectivity index (χ3n) is 6.15. The topological polar surface area (TPSA) is 134 Å². The minimum atomic E-state index is -1.08. The van der Waals surface area contributed by atoms with Gasteiger partial charge in [-0.05, 0) is 18.9 Å². The summed E-state index contributed by atoms with van der Waals surface area (Å²) < 4.78 is 10.9. The van der Waals surface area contributed by atoms with Crippen LogP contribution in [0.2, 0.25) is 0 Å². The molecule has 0 aromatic rings. The molecule has 0 bridgehead atoms. The molecule has 0 aromatic carbocycles. The number of carbonyl (C=O) groups is 5. The second-order valence-electron chi connectivity index (χ2n) is 8.11. The predicted octanol–water partition coefficient (Wildman–Crippen LogP) is -1.34. The first-order valence-corrected chi connectivity index (χ1v) is 10.8. The lowest BCUT2D eigenvalue weighted by molar-refractivity contribution is -0.151. The third kappa shape index (κ3) is 4.30. The molecule has 2 N–H and O–H groups in total. The van der Waals surface area contributed by atoms with Gasteiger partial charge >= 0.3 is 0 Å². The van der Waals surface area contributed by atoms with Gasteiger partial charge in [0.25, 0.3) is 6.47 Å². The molecular weight excluding hydrogens is 420 g/mol. The molecule has 172 valence electrons. The zero-order valence-electron chi connectivity index (χ0n) is 17.6. The number of hydrogen-bond acceptors (Lipinski definition) is 9. The van der Waals surface area contributed by atoms with Crippen LogP contribution >= 0.6 is 0 Å². The molecule has 3 saturated heterocycles. The summed E-state index contributed by atoms with van der Waals surface area (Å²) in [5, 5.41) is 5.45. The number of piperidine rings is 1. The van der Waals surface area contributed by atoms with Crippen LogP contribution < -0.4 is 10.6 Å². The zero-order valence-corrected chi connectivity index (χ0v) is 17.6. The molecule has 11 heteroatoms. The average molecular weight is 446 g/mol. The number of likely N-dealkylation sites (tertiary alicyclic amines) is 1. The number of ether oxygens (including phenoxy) is 2. The van der Waals surface area contributed by atoms with E-state index in [9.17, 15) is 24.0 Å². The molecule has 3 fully saturated rings. The van der Waals surface area contributed by atoms with E-state index in [1.54, 1.807) is 6.08 Å². The van der Waals surface area contributed by atoms with Crippen LogP contribution in [0.5, 0.6) is 0 Å². The minimum absolute atomic E-state index is 0.0252. The largest absolute Gasteiger partial charge is 0.490 e. The number of fused-ring (bicyclic) bond motifs is 1. The van der Waals surface area contributed by atoms with E-state index in [1.165, 1.54) is 6.08 Å². The van der Waals surface area contributed by atoms with E-state index < -0.39 is 41.5 Å². The lowest BCUT2D eigenvalue weighted by Gasteiger charge is -2.28. The van der Waals surface area contributed by atoms with E-state index in [-0.39, 0.29) is 30.8 Å². The molecule has 4 amide bonds. The molecule has 4 aliphatic rings. The summed E-state index contributed by atoms with van der Waals surface area (Å²) >= 11 is 0. The molecule has 3 aliphatic heterocycles. The van der Waals surface area contributed by atoms with Gasteiger partial charge in [-0.1, -0.05) is 6.08 Å². The molecule has 4 rings (SSSR count). The molecule has 3 unspecified atom stereocenters. The van der Waals surface area contributed by atoms with Crippen molar-refractivity contribution >= 4 is 30.1 Å². The average Bonchev–Trinajstić information content (AvgIpc) is 3.04. The lowest BCUT2D eigenvalue weighted by atomic mass is 9.88. The Hall–Kier alpha value is -3.05. The van der Waals surface area contributed by atoms with Crippen LogP contribution in [0.4, 0.5) is 0 Å². The molecule has 32 heavy (non-hydrogen) atoms. The van der Waals surface area contributed by atoms with E-state index in [1.807, 2.05) is 0 Å². The molecule has 1 aliphatic carbocycles. The van der Waals surface area contributed by atoms with Crippen molar-refractivity contribution in [2.75, 3.05) is 39.3 Å². The molecule has 0 saturated carbocycles. The van der Waals surface area contributed by atoms with E-state index in [4.69, 9.17) is 9.47 Å². The van der Waals surface area contributed by atoms with E-state index in [0.717, 1.165) is 44.0 Å². The van der Waals surface area contributed by atoms with Crippen LogP contribution in [-0.4, -0.2) is 85.3 Å². The van der Waals surface area contributed by atoms with Crippen LogP contribution in [0.1, 0.15) is 19.3 Å². The monoisotopic (exact) mass is 446 g/mol. The Morgan fingerprint density at radius 3 is 2.62 bits per heavy atom.